The van der Waals surface area contributed by atoms with Gasteiger partial charge in [0.2, 0.25) is 5.91 Å². The summed E-state index contributed by atoms with van der Waals surface area (Å²) in [6.07, 6.45) is -1.03. The third-order valence-electron chi connectivity index (χ3n) is 7.22. The Morgan fingerprint density at radius 2 is 1.92 bits per heavy atom. The Hall–Kier alpha value is -3.38. The number of fused-ring (bicyclic) bond motifs is 1. The lowest BCUT2D eigenvalue weighted by molar-refractivity contribution is -0.141. The molecule has 0 aromatic carbocycles. The number of anilines is 2. The molecule has 8 nitrogen and oxygen atoms in total. The molecule has 2 fully saturated rings. The summed E-state index contributed by atoms with van der Waals surface area (Å²) in [5.41, 5.74) is -0.513. The summed E-state index contributed by atoms with van der Waals surface area (Å²) in [6.45, 7) is 2.45. The predicted molar refractivity (Wildman–Crippen MR) is 121 cm³/mol. The first kappa shape index (κ1) is 24.3. The minimum Gasteiger partial charge on any atom is -0.355 e. The number of pyridine rings is 1. The van der Waals surface area contributed by atoms with Gasteiger partial charge < -0.3 is 9.80 Å². The molecule has 5 rings (SSSR count). The maximum atomic E-state index is 13.2. The quantitative estimate of drug-likeness (QED) is 0.477. The van der Waals surface area contributed by atoms with Crippen molar-refractivity contribution in [3.8, 4) is 0 Å². The van der Waals surface area contributed by atoms with Crippen LogP contribution in [0.15, 0.2) is 30.7 Å². The number of rotatable bonds is 5. The number of amides is 1. The number of piperidine rings is 1. The molecule has 0 unspecified atom stereocenters. The molecule has 0 radical (unpaired) electrons. The predicted octanol–water partition coefficient (Wildman–Crippen LogP) is 4.31. The van der Waals surface area contributed by atoms with Crippen LogP contribution in [0.1, 0.15) is 38.3 Å². The lowest BCUT2D eigenvalue weighted by Crippen LogP contribution is -2.47. The Morgan fingerprint density at radius 1 is 1.17 bits per heavy atom. The van der Waals surface area contributed by atoms with Gasteiger partial charge in [0.15, 0.2) is 5.65 Å². The maximum Gasteiger partial charge on any atom is 0.433 e. The molecule has 2 aliphatic heterocycles. The summed E-state index contributed by atoms with van der Waals surface area (Å²) in [5, 5.41) is 3.94. The van der Waals surface area contributed by atoms with Crippen molar-refractivity contribution in [1.82, 2.24) is 24.7 Å². The van der Waals surface area contributed by atoms with E-state index in [1.165, 1.54) is 17.2 Å². The molecule has 1 atom stereocenters. The Labute approximate surface area is 203 Å². The van der Waals surface area contributed by atoms with Gasteiger partial charge in [-0.3, -0.25) is 9.78 Å². The number of carbonyl (C=O) groups is 1. The van der Waals surface area contributed by atoms with Crippen LogP contribution in [0.2, 0.25) is 0 Å². The average Bonchev–Trinajstić information content (AvgIpc) is 3.35. The van der Waals surface area contributed by atoms with Crippen molar-refractivity contribution < 1.29 is 26.7 Å². The molecular weight excluding hydrogens is 485 g/mol. The number of hydrogen-bond acceptors (Lipinski definition) is 6. The number of hydrogen-bond donors (Lipinski definition) is 0. The van der Waals surface area contributed by atoms with E-state index in [1.807, 2.05) is 11.8 Å². The van der Waals surface area contributed by atoms with Gasteiger partial charge in [0, 0.05) is 42.9 Å². The zero-order chi connectivity index (χ0) is 25.7. The summed E-state index contributed by atoms with van der Waals surface area (Å²) in [4.78, 5) is 28.8. The molecule has 2 aliphatic rings. The second kappa shape index (κ2) is 8.93. The van der Waals surface area contributed by atoms with Crippen molar-refractivity contribution in [2.45, 2.75) is 57.8 Å². The Kier molecular flexibility index (Phi) is 6.03. The molecule has 1 spiro atoms. The summed E-state index contributed by atoms with van der Waals surface area (Å²) < 4.78 is 66.6. The smallest absolute Gasteiger partial charge is 0.355 e. The number of halogens is 5. The van der Waals surface area contributed by atoms with Crippen LogP contribution in [0.3, 0.4) is 0 Å². The third-order valence-corrected chi connectivity index (χ3v) is 7.22. The van der Waals surface area contributed by atoms with Crippen LogP contribution in [-0.4, -0.2) is 56.2 Å². The van der Waals surface area contributed by atoms with E-state index in [1.54, 1.807) is 6.20 Å². The van der Waals surface area contributed by atoms with Crippen LogP contribution in [0.5, 0.6) is 0 Å². The van der Waals surface area contributed by atoms with E-state index >= 15 is 0 Å². The molecule has 0 saturated carbocycles. The molecule has 3 aromatic rings. The zero-order valence-electron chi connectivity index (χ0n) is 19.4. The zero-order valence-corrected chi connectivity index (χ0v) is 19.4. The van der Waals surface area contributed by atoms with Gasteiger partial charge in [-0.25, -0.2) is 23.4 Å². The van der Waals surface area contributed by atoms with Gasteiger partial charge in [-0.15, -0.1) is 0 Å². The van der Waals surface area contributed by atoms with Crippen LogP contribution >= 0.6 is 0 Å². The number of nitrogens with zero attached hydrogens (tertiary/aromatic N) is 7. The van der Waals surface area contributed by atoms with E-state index in [-0.39, 0.29) is 35.1 Å². The van der Waals surface area contributed by atoms with Gasteiger partial charge >= 0.3 is 6.18 Å². The number of carbonyl (C=O) groups excluding carboxylic acids is 1. The molecule has 0 aliphatic carbocycles. The van der Waals surface area contributed by atoms with Crippen molar-refractivity contribution in [3.05, 3.63) is 36.4 Å². The standard InChI is InChI=1S/C23H24F5N7O/c1-2-17-22(10-20(36)35(17)14-3-6-29-16(9-14)23(26,27)28)4-7-33(8-5-22)19-12-30-15-11-31-34(13-18(24)25)21(15)32-19/h3,6,9,11-12,17-18H,2,4-5,7-8,10,13H2,1H3/t17-/m0/s1. The van der Waals surface area contributed by atoms with Crippen LogP contribution in [0.4, 0.5) is 33.5 Å². The first-order valence-electron chi connectivity index (χ1n) is 11.7. The van der Waals surface area contributed by atoms with E-state index in [0.717, 1.165) is 16.9 Å². The van der Waals surface area contributed by atoms with Crippen molar-refractivity contribution in [2.75, 3.05) is 22.9 Å². The molecule has 36 heavy (non-hydrogen) atoms. The highest BCUT2D eigenvalue weighted by Gasteiger charge is 2.52. The Balaban J connectivity index is 1.36. The van der Waals surface area contributed by atoms with Crippen LogP contribution < -0.4 is 9.80 Å². The summed E-state index contributed by atoms with van der Waals surface area (Å²) in [5.74, 6) is 0.332. The fourth-order valence-electron chi connectivity index (χ4n) is 5.56. The molecule has 2 saturated heterocycles. The van der Waals surface area contributed by atoms with E-state index in [4.69, 9.17) is 0 Å². The van der Waals surface area contributed by atoms with Gasteiger partial charge in [0.25, 0.3) is 6.43 Å². The SMILES string of the molecule is CC[C@@H]1N(c2ccnc(C(F)(F)F)c2)C(=O)CC12CCN(c1cnc3cnn(CC(F)F)c3n1)CC2. The average molecular weight is 509 g/mol. The lowest BCUT2D eigenvalue weighted by Gasteiger charge is -2.44. The van der Waals surface area contributed by atoms with Crippen molar-refractivity contribution >= 4 is 28.6 Å². The highest BCUT2D eigenvalue weighted by atomic mass is 19.4. The fourth-order valence-corrected chi connectivity index (χ4v) is 5.56. The molecule has 3 aromatic heterocycles. The minimum absolute atomic E-state index is 0.202. The Bertz CT molecular complexity index is 1270. The van der Waals surface area contributed by atoms with E-state index in [0.29, 0.717) is 43.7 Å². The van der Waals surface area contributed by atoms with E-state index in [2.05, 4.69) is 20.1 Å². The third kappa shape index (κ3) is 4.24. The van der Waals surface area contributed by atoms with Crippen molar-refractivity contribution in [3.63, 3.8) is 0 Å². The van der Waals surface area contributed by atoms with Crippen LogP contribution in [0.25, 0.3) is 11.2 Å². The van der Waals surface area contributed by atoms with E-state index < -0.39 is 24.8 Å². The number of alkyl halides is 5. The molecule has 5 heterocycles. The van der Waals surface area contributed by atoms with Gasteiger partial charge in [-0.05, 0) is 31.4 Å². The second-order valence-electron chi connectivity index (χ2n) is 9.27. The Morgan fingerprint density at radius 3 is 2.58 bits per heavy atom. The fraction of sp³-hybridized carbons (Fsp3) is 0.522. The molecule has 0 N–H and O–H groups in total. The maximum absolute atomic E-state index is 13.2. The van der Waals surface area contributed by atoms with Gasteiger partial charge in [0.1, 0.15) is 23.6 Å². The van der Waals surface area contributed by atoms with Crippen LogP contribution in [-0.2, 0) is 17.5 Å². The highest BCUT2D eigenvalue weighted by Crippen LogP contribution is 2.49. The van der Waals surface area contributed by atoms with Gasteiger partial charge in [-0.1, -0.05) is 6.92 Å². The van der Waals surface area contributed by atoms with Crippen molar-refractivity contribution in [2.24, 2.45) is 5.41 Å². The lowest BCUT2D eigenvalue weighted by atomic mass is 9.71. The van der Waals surface area contributed by atoms with Crippen molar-refractivity contribution in [1.29, 1.82) is 0 Å². The largest absolute Gasteiger partial charge is 0.433 e. The summed E-state index contributed by atoms with van der Waals surface area (Å²) in [7, 11) is 0. The summed E-state index contributed by atoms with van der Waals surface area (Å²) in [6, 6.07) is 2.12. The summed E-state index contributed by atoms with van der Waals surface area (Å²) >= 11 is 0. The monoisotopic (exact) mass is 509 g/mol. The molecular formula is C23H24F5N7O. The first-order valence-corrected chi connectivity index (χ1v) is 11.7. The molecule has 13 heteroatoms. The second-order valence-corrected chi connectivity index (χ2v) is 9.27. The van der Waals surface area contributed by atoms with Gasteiger partial charge in [0.05, 0.1) is 12.4 Å². The topological polar surface area (TPSA) is 80.0 Å². The minimum atomic E-state index is -4.60. The first-order chi connectivity index (χ1) is 17.1. The molecule has 192 valence electrons. The van der Waals surface area contributed by atoms with Crippen LogP contribution in [0, 0.1) is 5.41 Å². The molecule has 0 bridgehead atoms. The highest BCUT2D eigenvalue weighted by molar-refractivity contribution is 5.97. The molecule has 1 amide bonds. The van der Waals surface area contributed by atoms with Gasteiger partial charge in [-0.2, -0.15) is 18.3 Å². The van der Waals surface area contributed by atoms with E-state index in [9.17, 15) is 26.7 Å². The normalized spacial score (nSPS) is 20.3. The number of aromatic nitrogens is 5.